The molecule has 0 unspecified atom stereocenters. The molecule has 4 N–H and O–H groups in total. The topological polar surface area (TPSA) is 128 Å². The molecule has 0 aliphatic carbocycles. The number of aromatic nitrogens is 3. The van der Waals surface area contributed by atoms with Crippen LogP contribution in [0.4, 0.5) is 0 Å². The summed E-state index contributed by atoms with van der Waals surface area (Å²) in [6.45, 7) is 1.73. The molecule has 4 rings (SSSR count). The van der Waals surface area contributed by atoms with Gasteiger partial charge in [-0.2, -0.15) is 0 Å². The fourth-order valence-corrected chi connectivity index (χ4v) is 4.05. The van der Waals surface area contributed by atoms with Crippen LogP contribution >= 0.6 is 11.6 Å². The minimum atomic E-state index is -1.14. The maximum atomic E-state index is 12.6. The molecule has 0 spiro atoms. The summed E-state index contributed by atoms with van der Waals surface area (Å²) in [7, 11) is 0. The molecule has 0 fully saturated rings. The number of rotatable bonds is 8. The van der Waals surface area contributed by atoms with Gasteiger partial charge in [-0.1, -0.05) is 41.9 Å². The van der Waals surface area contributed by atoms with Crippen molar-refractivity contribution in [1.82, 2.24) is 20.3 Å². The van der Waals surface area contributed by atoms with Crippen molar-refractivity contribution in [3.8, 4) is 0 Å². The van der Waals surface area contributed by atoms with E-state index in [2.05, 4.69) is 20.3 Å². The first-order valence-corrected chi connectivity index (χ1v) is 11.1. The summed E-state index contributed by atoms with van der Waals surface area (Å²) in [6, 6.07) is 12.8. The molecule has 8 nitrogen and oxygen atoms in total. The molecule has 1 atom stereocenters. The highest BCUT2D eigenvalue weighted by Crippen LogP contribution is 2.18. The van der Waals surface area contributed by atoms with Crippen LogP contribution in [0, 0.1) is 6.92 Å². The molecule has 0 bridgehead atoms. The van der Waals surface area contributed by atoms with E-state index in [1.807, 2.05) is 12.1 Å². The van der Waals surface area contributed by atoms with Gasteiger partial charge in [0.25, 0.3) is 11.5 Å². The molecule has 4 aromatic rings. The van der Waals surface area contributed by atoms with Crippen molar-refractivity contribution in [1.29, 1.82) is 0 Å². The summed E-state index contributed by atoms with van der Waals surface area (Å²) in [4.78, 5) is 46.7. The number of H-pyrrole nitrogens is 2. The van der Waals surface area contributed by atoms with E-state index in [1.165, 1.54) is 0 Å². The number of hydrogen-bond acceptors (Lipinski definition) is 4. The number of hydrogen-bond donors (Lipinski definition) is 4. The van der Waals surface area contributed by atoms with E-state index in [9.17, 15) is 19.5 Å². The standard InChI is InChI=1S/C25H23ClN4O4/c1-14-28-22-21(24(32)29-14)18(13-27-22)11-8-15-6-9-16(10-7-15)23(31)30-20(25(33)34)12-17-4-2-3-5-19(17)26/h2-7,9-10,13,20H,8,11-12H2,1H3,(H,30,31)(H,33,34)(H2,27,28,29,32)/t20-/m0/s1. The van der Waals surface area contributed by atoms with Gasteiger partial charge in [-0.3, -0.25) is 9.59 Å². The van der Waals surface area contributed by atoms with Crippen LogP contribution in [0.2, 0.25) is 5.02 Å². The Labute approximate surface area is 200 Å². The monoisotopic (exact) mass is 478 g/mol. The Bertz CT molecular complexity index is 1410. The van der Waals surface area contributed by atoms with Crippen LogP contribution in [0.5, 0.6) is 0 Å². The fourth-order valence-electron chi connectivity index (χ4n) is 3.84. The second kappa shape index (κ2) is 9.93. The number of carboxylic acid groups (broad SMARTS) is 1. The van der Waals surface area contributed by atoms with E-state index in [1.54, 1.807) is 49.5 Å². The van der Waals surface area contributed by atoms with E-state index >= 15 is 0 Å². The summed E-state index contributed by atoms with van der Waals surface area (Å²) >= 11 is 6.13. The number of carbonyl (C=O) groups excluding carboxylic acids is 1. The Morgan fingerprint density at radius 2 is 1.82 bits per heavy atom. The predicted octanol–water partition coefficient (Wildman–Crippen LogP) is 3.42. The molecule has 0 aliphatic heterocycles. The van der Waals surface area contributed by atoms with E-state index in [4.69, 9.17) is 11.6 Å². The van der Waals surface area contributed by atoms with Crippen LogP contribution in [-0.4, -0.2) is 38.0 Å². The molecule has 1 amide bonds. The Balaban J connectivity index is 1.41. The van der Waals surface area contributed by atoms with Gasteiger partial charge in [0.05, 0.1) is 5.39 Å². The van der Waals surface area contributed by atoms with Gasteiger partial charge in [-0.25, -0.2) is 9.78 Å². The third-order valence-electron chi connectivity index (χ3n) is 5.63. The first-order chi connectivity index (χ1) is 16.3. The van der Waals surface area contributed by atoms with E-state index in [0.29, 0.717) is 45.8 Å². The van der Waals surface area contributed by atoms with E-state index < -0.39 is 17.9 Å². The number of aryl methyl sites for hydroxylation is 3. The van der Waals surface area contributed by atoms with Gasteiger partial charge in [0.15, 0.2) is 0 Å². The van der Waals surface area contributed by atoms with Crippen molar-refractivity contribution in [2.24, 2.45) is 0 Å². The number of aliphatic carboxylic acids is 1. The molecular weight excluding hydrogens is 456 g/mol. The minimum Gasteiger partial charge on any atom is -0.480 e. The molecule has 0 aliphatic rings. The average molecular weight is 479 g/mol. The van der Waals surface area contributed by atoms with Gasteiger partial charge < -0.3 is 20.4 Å². The van der Waals surface area contributed by atoms with Gasteiger partial charge in [0.2, 0.25) is 0 Å². The number of carbonyl (C=O) groups is 2. The SMILES string of the molecule is Cc1nc2[nH]cc(CCc3ccc(C(=O)N[C@@H](Cc4ccccc4Cl)C(=O)O)cc3)c2c(=O)[nH]1. The molecule has 2 aromatic heterocycles. The fraction of sp³-hybridized carbons (Fsp3) is 0.200. The molecule has 34 heavy (non-hydrogen) atoms. The molecule has 0 radical (unpaired) electrons. The van der Waals surface area contributed by atoms with Gasteiger partial charge in [-0.05, 0) is 54.7 Å². The van der Waals surface area contributed by atoms with Crippen molar-refractivity contribution in [3.05, 3.63) is 98.2 Å². The van der Waals surface area contributed by atoms with Crippen molar-refractivity contribution in [2.45, 2.75) is 32.2 Å². The van der Waals surface area contributed by atoms with Crippen molar-refractivity contribution < 1.29 is 14.7 Å². The van der Waals surface area contributed by atoms with E-state index in [-0.39, 0.29) is 12.0 Å². The Morgan fingerprint density at radius 1 is 1.09 bits per heavy atom. The smallest absolute Gasteiger partial charge is 0.326 e. The van der Waals surface area contributed by atoms with E-state index in [0.717, 1.165) is 11.1 Å². The summed E-state index contributed by atoms with van der Waals surface area (Å²) in [5, 5.41) is 13.1. The lowest BCUT2D eigenvalue weighted by Crippen LogP contribution is -2.42. The minimum absolute atomic E-state index is 0.0803. The number of benzene rings is 2. The van der Waals surface area contributed by atoms with Gasteiger partial charge in [0, 0.05) is 23.2 Å². The molecule has 174 valence electrons. The van der Waals surface area contributed by atoms with Crippen LogP contribution < -0.4 is 10.9 Å². The zero-order chi connectivity index (χ0) is 24.2. The highest BCUT2D eigenvalue weighted by atomic mass is 35.5. The Morgan fingerprint density at radius 3 is 2.53 bits per heavy atom. The quantitative estimate of drug-likeness (QED) is 0.308. The average Bonchev–Trinajstić information content (AvgIpc) is 3.22. The molecule has 2 aromatic carbocycles. The second-order valence-electron chi connectivity index (χ2n) is 8.05. The zero-order valence-electron chi connectivity index (χ0n) is 18.4. The lowest BCUT2D eigenvalue weighted by atomic mass is 10.0. The first-order valence-electron chi connectivity index (χ1n) is 10.7. The third kappa shape index (κ3) is 5.18. The molecular formula is C25H23ClN4O4. The first kappa shape index (κ1) is 23.3. The molecule has 0 saturated heterocycles. The Hall–Kier alpha value is -3.91. The molecule has 9 heteroatoms. The lowest BCUT2D eigenvalue weighted by Gasteiger charge is -2.15. The van der Waals surface area contributed by atoms with Gasteiger partial charge in [-0.15, -0.1) is 0 Å². The summed E-state index contributed by atoms with van der Waals surface area (Å²) in [5.74, 6) is -1.06. The number of halogens is 1. The van der Waals surface area contributed by atoms with Crippen LogP contribution in [-0.2, 0) is 24.1 Å². The number of amides is 1. The van der Waals surface area contributed by atoms with Crippen LogP contribution in [0.3, 0.4) is 0 Å². The molecule has 0 saturated carbocycles. The maximum Gasteiger partial charge on any atom is 0.326 e. The normalized spacial score (nSPS) is 11.9. The number of aromatic amines is 2. The predicted molar refractivity (Wildman–Crippen MR) is 129 cm³/mol. The summed E-state index contributed by atoms with van der Waals surface area (Å²) < 4.78 is 0. The number of nitrogens with one attached hydrogen (secondary N) is 3. The molecule has 2 heterocycles. The third-order valence-corrected chi connectivity index (χ3v) is 6.00. The van der Waals surface area contributed by atoms with Gasteiger partial charge >= 0.3 is 5.97 Å². The van der Waals surface area contributed by atoms with Crippen molar-refractivity contribution in [3.63, 3.8) is 0 Å². The number of carboxylic acids is 1. The largest absolute Gasteiger partial charge is 0.480 e. The summed E-state index contributed by atoms with van der Waals surface area (Å²) in [6.07, 6.45) is 3.15. The van der Waals surface area contributed by atoms with Crippen LogP contribution in [0.1, 0.15) is 32.9 Å². The van der Waals surface area contributed by atoms with Crippen LogP contribution in [0.25, 0.3) is 11.0 Å². The Kier molecular flexibility index (Phi) is 6.79. The highest BCUT2D eigenvalue weighted by molar-refractivity contribution is 6.31. The highest BCUT2D eigenvalue weighted by Gasteiger charge is 2.22. The van der Waals surface area contributed by atoms with Crippen molar-refractivity contribution in [2.75, 3.05) is 0 Å². The second-order valence-corrected chi connectivity index (χ2v) is 8.45. The lowest BCUT2D eigenvalue weighted by molar-refractivity contribution is -0.139. The maximum absolute atomic E-state index is 12.6. The van der Waals surface area contributed by atoms with Crippen molar-refractivity contribution >= 4 is 34.5 Å². The summed E-state index contributed by atoms with van der Waals surface area (Å²) in [5.41, 5.74) is 3.25. The number of fused-ring (bicyclic) bond motifs is 1. The number of nitrogens with zero attached hydrogens (tertiary/aromatic N) is 1. The van der Waals surface area contributed by atoms with Gasteiger partial charge in [0.1, 0.15) is 17.5 Å². The van der Waals surface area contributed by atoms with Crippen LogP contribution in [0.15, 0.2) is 59.5 Å². The zero-order valence-corrected chi connectivity index (χ0v) is 19.1.